The van der Waals surface area contributed by atoms with Gasteiger partial charge in [-0.2, -0.15) is 0 Å². The monoisotopic (exact) mass is 236 g/mol. The van der Waals surface area contributed by atoms with Crippen LogP contribution in [0.25, 0.3) is 0 Å². The summed E-state index contributed by atoms with van der Waals surface area (Å²) >= 11 is 0. The number of piperazine rings is 1. The third-order valence-electron chi connectivity index (χ3n) is 2.77. The first-order valence-corrected chi connectivity index (χ1v) is 6.56. The van der Waals surface area contributed by atoms with Gasteiger partial charge in [-0.05, 0) is 13.0 Å². The highest BCUT2D eigenvalue weighted by atomic mass is 15.2. The Balaban J connectivity index is 0.000000202. The smallest absolute Gasteiger partial charge is 0.0451 e. The van der Waals surface area contributed by atoms with Gasteiger partial charge in [0.2, 0.25) is 0 Å². The molecular formula is C13H24N4. The maximum atomic E-state index is 3.72. The van der Waals surface area contributed by atoms with Crippen molar-refractivity contribution in [3.8, 4) is 0 Å². The Morgan fingerprint density at radius 3 is 2.06 bits per heavy atom. The minimum atomic E-state index is 1.19. The number of rotatable bonds is 4. The molecule has 1 N–H and O–H groups in total. The van der Waals surface area contributed by atoms with Crippen LogP contribution in [0.1, 0.15) is 26.2 Å². The lowest BCUT2D eigenvalue weighted by molar-refractivity contribution is 0.236. The molecule has 0 unspecified atom stereocenters. The first kappa shape index (κ1) is 14.1. The molecule has 1 aromatic heterocycles. The van der Waals surface area contributed by atoms with Crippen molar-refractivity contribution in [2.24, 2.45) is 0 Å². The van der Waals surface area contributed by atoms with Crippen molar-refractivity contribution in [2.45, 2.75) is 26.2 Å². The Morgan fingerprint density at radius 1 is 1.00 bits per heavy atom. The van der Waals surface area contributed by atoms with Crippen LogP contribution in [0, 0.1) is 0 Å². The van der Waals surface area contributed by atoms with E-state index in [9.17, 15) is 0 Å². The van der Waals surface area contributed by atoms with Crippen molar-refractivity contribution < 1.29 is 0 Å². The molecule has 0 aromatic carbocycles. The Morgan fingerprint density at radius 2 is 1.59 bits per heavy atom. The van der Waals surface area contributed by atoms with E-state index in [2.05, 4.69) is 27.1 Å². The van der Waals surface area contributed by atoms with Gasteiger partial charge in [0.05, 0.1) is 0 Å². The van der Waals surface area contributed by atoms with Gasteiger partial charge in [0.25, 0.3) is 0 Å². The third kappa shape index (κ3) is 7.82. The summed E-state index contributed by atoms with van der Waals surface area (Å²) < 4.78 is 0. The molecule has 0 atom stereocenters. The molecule has 1 aliphatic rings. The highest BCUT2D eigenvalue weighted by molar-refractivity contribution is 4.70. The van der Waals surface area contributed by atoms with Gasteiger partial charge in [-0.25, -0.2) is 0 Å². The lowest BCUT2D eigenvalue weighted by atomic mass is 10.2. The molecule has 1 aliphatic heterocycles. The molecule has 1 fully saturated rings. The van der Waals surface area contributed by atoms with Crippen LogP contribution in [0.5, 0.6) is 0 Å². The summed E-state index contributed by atoms with van der Waals surface area (Å²) in [5.41, 5.74) is 0. The zero-order valence-corrected chi connectivity index (χ0v) is 10.8. The number of nitrogens with one attached hydrogen (secondary N) is 1. The minimum Gasteiger partial charge on any atom is -0.314 e. The van der Waals surface area contributed by atoms with Gasteiger partial charge in [0.1, 0.15) is 0 Å². The van der Waals surface area contributed by atoms with Crippen molar-refractivity contribution in [3.05, 3.63) is 24.8 Å². The van der Waals surface area contributed by atoms with E-state index in [0.29, 0.717) is 0 Å². The van der Waals surface area contributed by atoms with Gasteiger partial charge in [-0.3, -0.25) is 9.97 Å². The van der Waals surface area contributed by atoms with Crippen molar-refractivity contribution in [1.29, 1.82) is 0 Å². The molecule has 0 aliphatic carbocycles. The van der Waals surface area contributed by atoms with Crippen LogP contribution >= 0.6 is 0 Å². The average Bonchev–Trinajstić information content (AvgIpc) is 2.43. The second-order valence-electron chi connectivity index (χ2n) is 4.19. The van der Waals surface area contributed by atoms with Gasteiger partial charge in [-0.15, -0.1) is 0 Å². The predicted molar refractivity (Wildman–Crippen MR) is 70.9 cm³/mol. The summed E-state index contributed by atoms with van der Waals surface area (Å²) in [5.74, 6) is 0. The SMILES string of the molecule is CCCCCN1CCNCC1.c1cnccn1. The topological polar surface area (TPSA) is 41.0 Å². The van der Waals surface area contributed by atoms with E-state index in [0.717, 1.165) is 0 Å². The molecule has 0 saturated carbocycles. The Kier molecular flexibility index (Phi) is 8.42. The van der Waals surface area contributed by atoms with Gasteiger partial charge >= 0.3 is 0 Å². The van der Waals surface area contributed by atoms with Gasteiger partial charge in [0.15, 0.2) is 0 Å². The van der Waals surface area contributed by atoms with Crippen molar-refractivity contribution in [1.82, 2.24) is 20.2 Å². The molecule has 2 rings (SSSR count). The maximum absolute atomic E-state index is 3.72. The van der Waals surface area contributed by atoms with E-state index in [1.165, 1.54) is 52.0 Å². The predicted octanol–water partition coefficient (Wildman–Crippen LogP) is 1.56. The summed E-state index contributed by atoms with van der Waals surface area (Å²) in [7, 11) is 0. The minimum absolute atomic E-state index is 1.19. The molecule has 0 amide bonds. The van der Waals surface area contributed by atoms with Crippen molar-refractivity contribution in [2.75, 3.05) is 32.7 Å². The zero-order valence-electron chi connectivity index (χ0n) is 10.8. The fraction of sp³-hybridized carbons (Fsp3) is 0.692. The van der Waals surface area contributed by atoms with Crippen molar-refractivity contribution in [3.63, 3.8) is 0 Å². The van der Waals surface area contributed by atoms with Crippen LogP contribution < -0.4 is 5.32 Å². The number of hydrogen-bond donors (Lipinski definition) is 1. The molecule has 2 heterocycles. The average molecular weight is 236 g/mol. The summed E-state index contributed by atoms with van der Waals surface area (Å²) in [6.45, 7) is 8.46. The van der Waals surface area contributed by atoms with E-state index in [1.807, 2.05) is 0 Å². The second-order valence-corrected chi connectivity index (χ2v) is 4.19. The molecule has 17 heavy (non-hydrogen) atoms. The van der Waals surface area contributed by atoms with Crippen LogP contribution in [0.15, 0.2) is 24.8 Å². The summed E-state index contributed by atoms with van der Waals surface area (Å²) in [5, 5.41) is 3.36. The molecule has 96 valence electrons. The van der Waals surface area contributed by atoms with Gasteiger partial charge in [0, 0.05) is 51.0 Å². The largest absolute Gasteiger partial charge is 0.314 e. The Hall–Kier alpha value is -1.00. The summed E-state index contributed by atoms with van der Waals surface area (Å²) in [6.07, 6.45) is 10.7. The van der Waals surface area contributed by atoms with E-state index in [4.69, 9.17) is 0 Å². The van der Waals surface area contributed by atoms with E-state index < -0.39 is 0 Å². The highest BCUT2D eigenvalue weighted by Crippen LogP contribution is 1.98. The lowest BCUT2D eigenvalue weighted by Crippen LogP contribution is -2.43. The van der Waals surface area contributed by atoms with Crippen LogP contribution in [-0.2, 0) is 0 Å². The molecular weight excluding hydrogens is 212 g/mol. The first-order chi connectivity index (χ1) is 8.43. The lowest BCUT2D eigenvalue weighted by Gasteiger charge is -2.26. The van der Waals surface area contributed by atoms with Crippen LogP contribution in [0.4, 0.5) is 0 Å². The van der Waals surface area contributed by atoms with E-state index in [-0.39, 0.29) is 0 Å². The molecule has 1 saturated heterocycles. The molecule has 0 radical (unpaired) electrons. The zero-order chi connectivity index (χ0) is 12.2. The van der Waals surface area contributed by atoms with Crippen molar-refractivity contribution >= 4 is 0 Å². The van der Waals surface area contributed by atoms with E-state index >= 15 is 0 Å². The molecule has 4 heteroatoms. The van der Waals surface area contributed by atoms with E-state index in [1.54, 1.807) is 24.8 Å². The number of nitrogens with zero attached hydrogens (tertiary/aromatic N) is 3. The number of hydrogen-bond acceptors (Lipinski definition) is 4. The number of unbranched alkanes of at least 4 members (excludes halogenated alkanes) is 2. The van der Waals surface area contributed by atoms with Crippen LogP contribution in [-0.4, -0.2) is 47.6 Å². The Bertz CT molecular complexity index is 220. The maximum Gasteiger partial charge on any atom is 0.0451 e. The molecule has 0 bridgehead atoms. The normalized spacial score (nSPS) is 16.1. The van der Waals surface area contributed by atoms with Crippen LogP contribution in [0.2, 0.25) is 0 Å². The van der Waals surface area contributed by atoms with Gasteiger partial charge < -0.3 is 10.2 Å². The van der Waals surface area contributed by atoms with Gasteiger partial charge in [-0.1, -0.05) is 19.8 Å². The van der Waals surface area contributed by atoms with Crippen LogP contribution in [0.3, 0.4) is 0 Å². The highest BCUT2D eigenvalue weighted by Gasteiger charge is 2.07. The standard InChI is InChI=1S/C9H20N2.C4H4N2/c1-2-3-4-7-11-8-5-10-6-9-11;1-2-6-4-3-5-1/h10H,2-9H2,1H3;1-4H. The summed E-state index contributed by atoms with van der Waals surface area (Å²) in [6, 6.07) is 0. The first-order valence-electron chi connectivity index (χ1n) is 6.56. The quantitative estimate of drug-likeness (QED) is 0.806. The fourth-order valence-corrected chi connectivity index (χ4v) is 1.77. The second kappa shape index (κ2) is 10.2. The summed E-state index contributed by atoms with van der Waals surface area (Å²) in [4.78, 5) is 10.0. The third-order valence-corrected chi connectivity index (χ3v) is 2.77. The molecule has 0 spiro atoms. The number of aromatic nitrogens is 2. The molecule has 4 nitrogen and oxygen atoms in total. The Labute approximate surface area is 104 Å². The molecule has 1 aromatic rings. The fourth-order valence-electron chi connectivity index (χ4n) is 1.77.